The van der Waals surface area contributed by atoms with Gasteiger partial charge in [0, 0.05) is 45.0 Å². The molecule has 0 aromatic carbocycles. The highest BCUT2D eigenvalue weighted by atomic mass is 32.2. The standard InChI is InChI=1S/C15H19N5O2S/c21-23(22,15-11-18-14-4-2-7-19(14)15)20-8-6-17-10-13(20)12-3-1-5-16-9-12/h1,3,5,9,11,13,17H,2,4,6-8,10H2. The van der Waals surface area contributed by atoms with Gasteiger partial charge in [0.25, 0.3) is 10.0 Å². The molecule has 2 aromatic heterocycles. The van der Waals surface area contributed by atoms with Crippen molar-refractivity contribution in [2.75, 3.05) is 19.6 Å². The first-order valence-corrected chi connectivity index (χ1v) is 9.29. The van der Waals surface area contributed by atoms with E-state index in [9.17, 15) is 8.42 Å². The van der Waals surface area contributed by atoms with E-state index in [1.165, 1.54) is 6.20 Å². The summed E-state index contributed by atoms with van der Waals surface area (Å²) in [4.78, 5) is 8.41. The second kappa shape index (κ2) is 5.70. The third-order valence-electron chi connectivity index (χ3n) is 4.52. The highest BCUT2D eigenvalue weighted by molar-refractivity contribution is 7.89. The quantitative estimate of drug-likeness (QED) is 0.888. The summed E-state index contributed by atoms with van der Waals surface area (Å²) in [5.74, 6) is 0.872. The van der Waals surface area contributed by atoms with Crippen LogP contribution < -0.4 is 5.32 Å². The summed E-state index contributed by atoms with van der Waals surface area (Å²) in [6.07, 6.45) is 6.75. The first-order valence-electron chi connectivity index (χ1n) is 7.85. The van der Waals surface area contributed by atoms with Crippen molar-refractivity contribution in [1.29, 1.82) is 0 Å². The Labute approximate surface area is 135 Å². The molecular weight excluding hydrogens is 314 g/mol. The molecule has 1 saturated heterocycles. The SMILES string of the molecule is O=S(=O)(c1cnc2n1CCC2)N1CCNCC1c1cccnc1. The third kappa shape index (κ3) is 2.46. The Kier molecular flexibility index (Phi) is 3.67. The van der Waals surface area contributed by atoms with Crippen LogP contribution in [0.3, 0.4) is 0 Å². The molecule has 8 heteroatoms. The average Bonchev–Trinajstić information content (AvgIpc) is 3.19. The maximum Gasteiger partial charge on any atom is 0.260 e. The van der Waals surface area contributed by atoms with E-state index in [0.29, 0.717) is 24.7 Å². The van der Waals surface area contributed by atoms with Gasteiger partial charge >= 0.3 is 0 Å². The summed E-state index contributed by atoms with van der Waals surface area (Å²) in [7, 11) is -3.58. The zero-order valence-corrected chi connectivity index (χ0v) is 13.5. The minimum atomic E-state index is -3.58. The molecule has 0 aliphatic carbocycles. The van der Waals surface area contributed by atoms with Crippen LogP contribution in [0.4, 0.5) is 0 Å². The van der Waals surface area contributed by atoms with Gasteiger partial charge in [-0.2, -0.15) is 4.31 Å². The van der Waals surface area contributed by atoms with Crippen LogP contribution in [0.5, 0.6) is 0 Å². The van der Waals surface area contributed by atoms with Gasteiger partial charge in [-0.25, -0.2) is 13.4 Å². The van der Waals surface area contributed by atoms with Crippen LogP contribution in [-0.2, 0) is 23.0 Å². The minimum Gasteiger partial charge on any atom is -0.318 e. The van der Waals surface area contributed by atoms with Gasteiger partial charge in [-0.3, -0.25) is 4.98 Å². The summed E-state index contributed by atoms with van der Waals surface area (Å²) in [6.45, 7) is 2.42. The first kappa shape index (κ1) is 14.8. The van der Waals surface area contributed by atoms with Gasteiger partial charge in [-0.15, -0.1) is 0 Å². The number of fused-ring (bicyclic) bond motifs is 1. The topological polar surface area (TPSA) is 80.1 Å². The van der Waals surface area contributed by atoms with E-state index in [1.807, 2.05) is 16.7 Å². The van der Waals surface area contributed by atoms with Gasteiger partial charge < -0.3 is 9.88 Å². The van der Waals surface area contributed by atoms with E-state index in [4.69, 9.17) is 0 Å². The van der Waals surface area contributed by atoms with Gasteiger partial charge in [-0.1, -0.05) is 6.07 Å². The molecular formula is C15H19N5O2S. The molecule has 2 aliphatic rings. The minimum absolute atomic E-state index is 0.241. The van der Waals surface area contributed by atoms with Crippen molar-refractivity contribution < 1.29 is 8.42 Å². The predicted molar refractivity (Wildman–Crippen MR) is 84.3 cm³/mol. The molecule has 1 atom stereocenters. The Hall–Kier alpha value is -1.77. The molecule has 0 bridgehead atoms. The Morgan fingerprint density at radius 2 is 2.17 bits per heavy atom. The normalized spacial score (nSPS) is 22.2. The maximum atomic E-state index is 13.2. The lowest BCUT2D eigenvalue weighted by atomic mass is 10.1. The zero-order chi connectivity index (χ0) is 15.9. The molecule has 0 saturated carbocycles. The Morgan fingerprint density at radius 3 is 3.00 bits per heavy atom. The fourth-order valence-corrected chi connectivity index (χ4v) is 5.15. The molecule has 4 heterocycles. The summed E-state index contributed by atoms with van der Waals surface area (Å²) < 4.78 is 29.8. The van der Waals surface area contributed by atoms with Gasteiger partial charge in [0.2, 0.25) is 0 Å². The number of aryl methyl sites for hydroxylation is 1. The van der Waals surface area contributed by atoms with Crippen molar-refractivity contribution >= 4 is 10.0 Å². The van der Waals surface area contributed by atoms with Gasteiger partial charge in [0.05, 0.1) is 12.2 Å². The molecule has 0 radical (unpaired) electrons. The average molecular weight is 333 g/mol. The molecule has 1 fully saturated rings. The molecule has 2 aliphatic heterocycles. The van der Waals surface area contributed by atoms with Crippen LogP contribution in [0.25, 0.3) is 0 Å². The zero-order valence-electron chi connectivity index (χ0n) is 12.7. The van der Waals surface area contributed by atoms with Crippen molar-refractivity contribution in [3.05, 3.63) is 42.1 Å². The number of aromatic nitrogens is 3. The van der Waals surface area contributed by atoms with Crippen molar-refractivity contribution in [1.82, 2.24) is 24.2 Å². The fourth-order valence-electron chi connectivity index (χ4n) is 3.39. The second-order valence-corrected chi connectivity index (χ2v) is 7.73. The van der Waals surface area contributed by atoms with E-state index in [0.717, 1.165) is 30.8 Å². The first-order chi connectivity index (χ1) is 11.2. The van der Waals surface area contributed by atoms with Gasteiger partial charge in [-0.05, 0) is 18.1 Å². The molecule has 0 spiro atoms. The molecule has 4 rings (SSSR count). The van der Waals surface area contributed by atoms with Crippen LogP contribution in [0, 0.1) is 0 Å². The lowest BCUT2D eigenvalue weighted by molar-refractivity contribution is 0.269. The van der Waals surface area contributed by atoms with Crippen LogP contribution in [0.15, 0.2) is 35.7 Å². The van der Waals surface area contributed by atoms with Crippen LogP contribution in [-0.4, -0.2) is 46.9 Å². The Bertz CT molecular complexity index is 803. The number of sulfonamides is 1. The maximum absolute atomic E-state index is 13.2. The number of pyridine rings is 1. The van der Waals surface area contributed by atoms with E-state index in [2.05, 4.69) is 15.3 Å². The lowest BCUT2D eigenvalue weighted by Gasteiger charge is -2.35. The molecule has 23 heavy (non-hydrogen) atoms. The number of rotatable bonds is 3. The van der Waals surface area contributed by atoms with Crippen molar-refractivity contribution in [3.63, 3.8) is 0 Å². The van der Waals surface area contributed by atoms with Gasteiger partial charge in [0.1, 0.15) is 5.82 Å². The summed E-state index contributed by atoms with van der Waals surface area (Å²) in [6, 6.07) is 3.52. The van der Waals surface area contributed by atoms with Crippen molar-refractivity contribution in [2.24, 2.45) is 0 Å². The van der Waals surface area contributed by atoms with Crippen molar-refractivity contribution in [2.45, 2.75) is 30.5 Å². The largest absolute Gasteiger partial charge is 0.318 e. The highest BCUT2D eigenvalue weighted by Gasteiger charge is 2.37. The Balaban J connectivity index is 1.74. The Morgan fingerprint density at radius 1 is 1.26 bits per heavy atom. The summed E-state index contributed by atoms with van der Waals surface area (Å²) in [5, 5.41) is 3.60. The van der Waals surface area contributed by atoms with E-state index in [1.54, 1.807) is 16.7 Å². The number of nitrogens with one attached hydrogen (secondary N) is 1. The van der Waals surface area contributed by atoms with E-state index >= 15 is 0 Å². The molecule has 1 unspecified atom stereocenters. The van der Waals surface area contributed by atoms with Crippen LogP contribution in [0.2, 0.25) is 0 Å². The number of hydrogen-bond acceptors (Lipinski definition) is 5. The van der Waals surface area contributed by atoms with Gasteiger partial charge in [0.15, 0.2) is 5.03 Å². The van der Waals surface area contributed by atoms with Crippen molar-refractivity contribution in [3.8, 4) is 0 Å². The second-order valence-electron chi connectivity index (χ2n) is 5.89. The van der Waals surface area contributed by atoms with E-state index in [-0.39, 0.29) is 6.04 Å². The molecule has 2 aromatic rings. The third-order valence-corrected chi connectivity index (χ3v) is 6.43. The number of imidazole rings is 1. The van der Waals surface area contributed by atoms with Crippen LogP contribution >= 0.6 is 0 Å². The molecule has 7 nitrogen and oxygen atoms in total. The summed E-state index contributed by atoms with van der Waals surface area (Å²) >= 11 is 0. The van der Waals surface area contributed by atoms with E-state index < -0.39 is 10.0 Å². The summed E-state index contributed by atoms with van der Waals surface area (Å²) in [5.41, 5.74) is 0.907. The number of hydrogen-bond donors (Lipinski definition) is 1. The molecule has 1 N–H and O–H groups in total. The van der Waals surface area contributed by atoms with Crippen LogP contribution in [0.1, 0.15) is 23.9 Å². The molecule has 122 valence electrons. The fraction of sp³-hybridized carbons (Fsp3) is 0.467. The monoisotopic (exact) mass is 333 g/mol. The number of nitrogens with zero attached hydrogens (tertiary/aromatic N) is 4. The highest BCUT2D eigenvalue weighted by Crippen LogP contribution is 2.30. The number of piperazine rings is 1. The molecule has 0 amide bonds. The smallest absolute Gasteiger partial charge is 0.260 e. The lowest BCUT2D eigenvalue weighted by Crippen LogP contribution is -2.48. The predicted octanol–water partition coefficient (Wildman–Crippen LogP) is 0.560.